The van der Waals surface area contributed by atoms with Gasteiger partial charge in [-0.3, -0.25) is 4.90 Å². The summed E-state index contributed by atoms with van der Waals surface area (Å²) in [5.41, 5.74) is 2.42. The molecule has 0 spiro atoms. The van der Waals surface area contributed by atoms with Gasteiger partial charge in [-0.15, -0.1) is 0 Å². The second-order valence-electron chi connectivity index (χ2n) is 7.23. The van der Waals surface area contributed by atoms with Gasteiger partial charge in [0.1, 0.15) is 0 Å². The maximum Gasteiger partial charge on any atom is 0.0900 e. The van der Waals surface area contributed by atoms with Crippen LogP contribution in [0.2, 0.25) is 0 Å². The molecule has 0 saturated heterocycles. The lowest BCUT2D eigenvalue weighted by Gasteiger charge is -2.27. The van der Waals surface area contributed by atoms with Crippen LogP contribution in [0.3, 0.4) is 0 Å². The van der Waals surface area contributed by atoms with Gasteiger partial charge in [-0.25, -0.2) is 0 Å². The van der Waals surface area contributed by atoms with Gasteiger partial charge in [0.2, 0.25) is 0 Å². The summed E-state index contributed by atoms with van der Waals surface area (Å²) in [4.78, 5) is 2.39. The average Bonchev–Trinajstić information content (AvgIpc) is 3.19. The summed E-state index contributed by atoms with van der Waals surface area (Å²) in [5.74, 6) is 0. The molecule has 0 amide bonds. The van der Waals surface area contributed by atoms with E-state index in [4.69, 9.17) is 4.74 Å². The number of ether oxygens (including phenoxy) is 1. The predicted molar refractivity (Wildman–Crippen MR) is 86.3 cm³/mol. The van der Waals surface area contributed by atoms with Gasteiger partial charge in [-0.2, -0.15) is 0 Å². The Morgan fingerprint density at radius 1 is 1.33 bits per heavy atom. The molecule has 1 atom stereocenters. The van der Waals surface area contributed by atoms with Crippen LogP contribution in [0.5, 0.6) is 0 Å². The third kappa shape index (κ3) is 6.16. The molecular formula is C18H29NO2. The lowest BCUT2D eigenvalue weighted by atomic mass is 10.1. The number of aryl methyl sites for hydroxylation is 1. The maximum atomic E-state index is 10.2. The van der Waals surface area contributed by atoms with Crippen LogP contribution in [0.15, 0.2) is 24.3 Å². The van der Waals surface area contributed by atoms with Gasteiger partial charge in [0.05, 0.1) is 18.3 Å². The average molecular weight is 291 g/mol. The van der Waals surface area contributed by atoms with E-state index in [1.165, 1.54) is 24.0 Å². The van der Waals surface area contributed by atoms with Gasteiger partial charge in [0.15, 0.2) is 0 Å². The first-order chi connectivity index (χ1) is 9.83. The molecule has 0 heterocycles. The highest BCUT2D eigenvalue weighted by Crippen LogP contribution is 2.28. The molecule has 1 aromatic carbocycles. The second-order valence-corrected chi connectivity index (χ2v) is 7.23. The summed E-state index contributed by atoms with van der Waals surface area (Å²) in [5, 5.41) is 10.2. The van der Waals surface area contributed by atoms with Crippen molar-refractivity contribution >= 4 is 0 Å². The minimum Gasteiger partial charge on any atom is -0.389 e. The van der Waals surface area contributed by atoms with Crippen LogP contribution in [0, 0.1) is 6.92 Å². The fraction of sp³-hybridized carbons (Fsp3) is 0.667. The number of nitrogens with zero attached hydrogens (tertiary/aromatic N) is 1. The molecule has 1 N–H and O–H groups in total. The Balaban J connectivity index is 1.87. The van der Waals surface area contributed by atoms with E-state index in [0.717, 1.165) is 6.54 Å². The first-order valence-corrected chi connectivity index (χ1v) is 7.95. The van der Waals surface area contributed by atoms with Gasteiger partial charge in [-0.05, 0) is 46.1 Å². The molecule has 1 saturated carbocycles. The number of aliphatic hydroxyl groups excluding tert-OH is 1. The molecule has 1 aliphatic rings. The zero-order chi connectivity index (χ0) is 15.5. The number of rotatable bonds is 7. The topological polar surface area (TPSA) is 32.7 Å². The van der Waals surface area contributed by atoms with Crippen LogP contribution >= 0.6 is 0 Å². The third-order valence-corrected chi connectivity index (χ3v) is 3.69. The van der Waals surface area contributed by atoms with Gasteiger partial charge < -0.3 is 9.84 Å². The zero-order valence-corrected chi connectivity index (χ0v) is 13.8. The monoisotopic (exact) mass is 291 g/mol. The molecule has 21 heavy (non-hydrogen) atoms. The Kier molecular flexibility index (Phi) is 5.42. The molecule has 1 aromatic rings. The van der Waals surface area contributed by atoms with E-state index in [-0.39, 0.29) is 5.60 Å². The summed E-state index contributed by atoms with van der Waals surface area (Å²) in [7, 11) is 0. The molecule has 1 aliphatic carbocycles. The van der Waals surface area contributed by atoms with Crippen LogP contribution in [0.1, 0.15) is 44.7 Å². The summed E-state index contributed by atoms with van der Waals surface area (Å²) < 4.78 is 5.68. The Morgan fingerprint density at radius 3 is 2.62 bits per heavy atom. The van der Waals surface area contributed by atoms with Gasteiger partial charge in [0.25, 0.3) is 0 Å². The van der Waals surface area contributed by atoms with Crippen LogP contribution in [0.25, 0.3) is 0 Å². The summed E-state index contributed by atoms with van der Waals surface area (Å²) in [6.45, 7) is 10.2. The molecule has 3 nitrogen and oxygen atoms in total. The first kappa shape index (κ1) is 16.5. The minimum atomic E-state index is -0.422. The quantitative estimate of drug-likeness (QED) is 0.838. The number of hydrogen-bond donors (Lipinski definition) is 1. The Morgan fingerprint density at radius 2 is 2.05 bits per heavy atom. The first-order valence-electron chi connectivity index (χ1n) is 7.95. The van der Waals surface area contributed by atoms with Crippen molar-refractivity contribution in [3.63, 3.8) is 0 Å². The minimum absolute atomic E-state index is 0.193. The molecular weight excluding hydrogens is 262 g/mol. The second kappa shape index (κ2) is 6.91. The number of benzene rings is 1. The van der Waals surface area contributed by atoms with Crippen molar-refractivity contribution in [1.29, 1.82) is 0 Å². The molecule has 1 fully saturated rings. The van der Waals surface area contributed by atoms with Crippen molar-refractivity contribution in [1.82, 2.24) is 4.90 Å². The third-order valence-electron chi connectivity index (χ3n) is 3.69. The summed E-state index contributed by atoms with van der Waals surface area (Å²) >= 11 is 0. The lowest BCUT2D eigenvalue weighted by Crippen LogP contribution is -2.37. The van der Waals surface area contributed by atoms with Crippen LogP contribution < -0.4 is 0 Å². The van der Waals surface area contributed by atoms with Gasteiger partial charge >= 0.3 is 0 Å². The largest absolute Gasteiger partial charge is 0.389 e. The van der Waals surface area contributed by atoms with E-state index in [1.54, 1.807) is 0 Å². The zero-order valence-electron chi connectivity index (χ0n) is 13.8. The van der Waals surface area contributed by atoms with Crippen molar-refractivity contribution in [3.05, 3.63) is 35.4 Å². The Hall–Kier alpha value is -0.900. The van der Waals surface area contributed by atoms with Crippen LogP contribution in [-0.2, 0) is 11.3 Å². The SMILES string of the molecule is Cc1cccc(CN(CC(O)COC(C)(C)C)C2CC2)c1. The van der Waals surface area contributed by atoms with Crippen molar-refractivity contribution < 1.29 is 9.84 Å². The van der Waals surface area contributed by atoms with Gasteiger partial charge in [0, 0.05) is 19.1 Å². The maximum absolute atomic E-state index is 10.2. The smallest absolute Gasteiger partial charge is 0.0900 e. The van der Waals surface area contributed by atoms with Crippen LogP contribution in [0.4, 0.5) is 0 Å². The molecule has 0 aliphatic heterocycles. The van der Waals surface area contributed by atoms with Crippen molar-refractivity contribution in [2.45, 2.75) is 64.8 Å². The van der Waals surface area contributed by atoms with E-state index in [9.17, 15) is 5.11 Å². The highest BCUT2D eigenvalue weighted by molar-refractivity contribution is 5.22. The Bertz CT molecular complexity index is 449. The van der Waals surface area contributed by atoms with E-state index in [1.807, 2.05) is 20.8 Å². The summed E-state index contributed by atoms with van der Waals surface area (Å²) in [6, 6.07) is 9.26. The number of hydrogen-bond acceptors (Lipinski definition) is 3. The lowest BCUT2D eigenvalue weighted by molar-refractivity contribution is -0.0572. The molecule has 2 rings (SSSR count). The molecule has 3 heteroatoms. The van der Waals surface area contributed by atoms with Crippen LogP contribution in [-0.4, -0.2) is 40.9 Å². The number of aliphatic hydroxyl groups is 1. The van der Waals surface area contributed by atoms with E-state index in [0.29, 0.717) is 19.2 Å². The van der Waals surface area contributed by atoms with E-state index >= 15 is 0 Å². The van der Waals surface area contributed by atoms with Gasteiger partial charge in [-0.1, -0.05) is 29.8 Å². The molecule has 0 radical (unpaired) electrons. The standard InChI is InChI=1S/C18H29NO2/c1-14-6-5-7-15(10-14)11-19(16-8-9-16)12-17(20)13-21-18(2,3)4/h5-7,10,16-17,20H,8-9,11-13H2,1-4H3. The highest BCUT2D eigenvalue weighted by atomic mass is 16.5. The molecule has 0 aromatic heterocycles. The molecule has 0 bridgehead atoms. The summed E-state index contributed by atoms with van der Waals surface area (Å²) in [6.07, 6.45) is 2.08. The Labute approximate surface area is 128 Å². The van der Waals surface area contributed by atoms with E-state index < -0.39 is 6.10 Å². The van der Waals surface area contributed by atoms with Crippen molar-refractivity contribution in [2.24, 2.45) is 0 Å². The predicted octanol–water partition coefficient (Wildman–Crippen LogP) is 3.14. The highest BCUT2D eigenvalue weighted by Gasteiger charge is 2.30. The molecule has 118 valence electrons. The molecule has 1 unspecified atom stereocenters. The normalized spacial score (nSPS) is 17.2. The fourth-order valence-electron chi connectivity index (χ4n) is 2.50. The fourth-order valence-corrected chi connectivity index (χ4v) is 2.50. The van der Waals surface area contributed by atoms with E-state index in [2.05, 4.69) is 36.1 Å². The van der Waals surface area contributed by atoms with Crippen molar-refractivity contribution in [3.8, 4) is 0 Å². The van der Waals surface area contributed by atoms with Crippen molar-refractivity contribution in [2.75, 3.05) is 13.2 Å².